The van der Waals surface area contributed by atoms with Gasteiger partial charge in [-0.25, -0.2) is 4.63 Å². The molecule has 0 aliphatic heterocycles. The molecule has 0 unspecified atom stereocenters. The molecule has 22 heavy (non-hydrogen) atoms. The van der Waals surface area contributed by atoms with E-state index in [1.54, 1.807) is 6.07 Å². The van der Waals surface area contributed by atoms with E-state index in [1.807, 2.05) is 0 Å². The fraction of sp³-hybridized carbons (Fsp3) is 0.0769. The third-order valence-electron chi connectivity index (χ3n) is 2.86. The van der Waals surface area contributed by atoms with Crippen LogP contribution in [-0.4, -0.2) is 10.3 Å². The summed E-state index contributed by atoms with van der Waals surface area (Å²) in [4.78, 5) is 11.8. The first-order valence-electron chi connectivity index (χ1n) is 5.93. The molecule has 2 aromatic carbocycles. The Morgan fingerprint density at radius 3 is 2.32 bits per heavy atom. The summed E-state index contributed by atoms with van der Waals surface area (Å²) in [6.07, 6.45) is -4.37. The molecule has 5 nitrogen and oxygen atoms in total. The highest BCUT2D eigenvalue weighted by Gasteiger charge is 2.30. The van der Waals surface area contributed by atoms with Crippen LogP contribution in [0.2, 0.25) is 0 Å². The van der Waals surface area contributed by atoms with Gasteiger partial charge in [0.05, 0.1) is 5.56 Å². The first-order valence-corrected chi connectivity index (χ1v) is 6.74. The van der Waals surface area contributed by atoms with Gasteiger partial charge in [0.2, 0.25) is 0 Å². The van der Waals surface area contributed by atoms with E-state index in [-0.39, 0.29) is 11.2 Å². The monoisotopic (exact) mass is 325 g/mol. The van der Waals surface area contributed by atoms with Crippen LogP contribution < -0.4 is 0 Å². The topological polar surface area (TPSA) is 68.3 Å². The van der Waals surface area contributed by atoms with Crippen LogP contribution in [0.3, 0.4) is 0 Å². The third kappa shape index (κ3) is 2.67. The Labute approximate surface area is 125 Å². The van der Waals surface area contributed by atoms with Crippen molar-refractivity contribution in [2.24, 2.45) is 5.18 Å². The van der Waals surface area contributed by atoms with Gasteiger partial charge in [0.1, 0.15) is 5.69 Å². The molecule has 0 spiro atoms. The van der Waals surface area contributed by atoms with Crippen LogP contribution in [0.1, 0.15) is 5.56 Å². The second kappa shape index (κ2) is 5.41. The van der Waals surface area contributed by atoms with Crippen LogP contribution in [-0.2, 0) is 6.18 Å². The van der Waals surface area contributed by atoms with E-state index >= 15 is 0 Å². The van der Waals surface area contributed by atoms with Crippen LogP contribution in [0.15, 0.2) is 56.0 Å². The molecule has 0 N–H and O–H groups in total. The van der Waals surface area contributed by atoms with Gasteiger partial charge in [-0.05, 0) is 51.9 Å². The largest absolute Gasteiger partial charge is 0.416 e. The maximum atomic E-state index is 12.5. The number of alkyl halides is 3. The van der Waals surface area contributed by atoms with Crippen molar-refractivity contribution >= 4 is 28.5 Å². The summed E-state index contributed by atoms with van der Waals surface area (Å²) in [5.74, 6) is 0. The summed E-state index contributed by atoms with van der Waals surface area (Å²) in [6, 6.07) is 7.76. The number of fused-ring (bicyclic) bond motifs is 1. The lowest BCUT2D eigenvalue weighted by Gasteiger charge is -2.07. The third-order valence-corrected chi connectivity index (χ3v) is 3.92. The van der Waals surface area contributed by atoms with E-state index in [2.05, 4.69) is 20.1 Å². The smallest absolute Gasteiger partial charge is 0.243 e. The molecule has 0 amide bonds. The molecule has 9 heteroatoms. The van der Waals surface area contributed by atoms with Crippen LogP contribution in [0, 0.1) is 4.91 Å². The molecule has 1 aromatic heterocycles. The predicted molar refractivity (Wildman–Crippen MR) is 72.8 cm³/mol. The van der Waals surface area contributed by atoms with Crippen molar-refractivity contribution in [3.8, 4) is 0 Å². The van der Waals surface area contributed by atoms with Crippen LogP contribution in [0.5, 0.6) is 0 Å². The van der Waals surface area contributed by atoms with E-state index in [9.17, 15) is 18.1 Å². The maximum Gasteiger partial charge on any atom is 0.416 e. The first kappa shape index (κ1) is 14.5. The van der Waals surface area contributed by atoms with Gasteiger partial charge in [0.25, 0.3) is 0 Å². The molecule has 1 heterocycles. The molecule has 0 saturated carbocycles. The Hall–Kier alpha value is -2.42. The van der Waals surface area contributed by atoms with Gasteiger partial charge in [0, 0.05) is 9.79 Å². The fourth-order valence-corrected chi connectivity index (χ4v) is 2.72. The zero-order valence-corrected chi connectivity index (χ0v) is 11.5. The normalized spacial score (nSPS) is 11.8. The molecular weight excluding hydrogens is 319 g/mol. The molecule has 0 aliphatic carbocycles. The van der Waals surface area contributed by atoms with Crippen molar-refractivity contribution in [1.82, 2.24) is 10.3 Å². The van der Waals surface area contributed by atoms with Gasteiger partial charge in [-0.2, -0.15) is 13.2 Å². The van der Waals surface area contributed by atoms with Gasteiger partial charge in [-0.1, -0.05) is 11.8 Å². The molecule has 3 rings (SSSR count). The highest BCUT2D eigenvalue weighted by Crippen LogP contribution is 2.37. The van der Waals surface area contributed by atoms with Crippen LogP contribution >= 0.6 is 11.8 Å². The lowest BCUT2D eigenvalue weighted by atomic mass is 10.2. The predicted octanol–water partition coefficient (Wildman–Crippen LogP) is 4.79. The quantitative estimate of drug-likeness (QED) is 0.648. The molecule has 0 bridgehead atoms. The van der Waals surface area contributed by atoms with Crippen molar-refractivity contribution in [3.63, 3.8) is 0 Å². The first-order chi connectivity index (χ1) is 10.5. The highest BCUT2D eigenvalue weighted by molar-refractivity contribution is 7.99. The minimum absolute atomic E-state index is 0.0908. The fourth-order valence-electron chi connectivity index (χ4n) is 1.83. The average Bonchev–Trinajstić information content (AvgIpc) is 2.97. The number of hydrogen-bond acceptors (Lipinski definition) is 6. The number of hydrogen-bond donors (Lipinski definition) is 0. The number of halogens is 3. The Bertz CT molecular complexity index is 831. The summed E-state index contributed by atoms with van der Waals surface area (Å²) in [5.41, 5.74) is -0.0764. The minimum atomic E-state index is -4.37. The van der Waals surface area contributed by atoms with E-state index < -0.39 is 11.7 Å². The number of rotatable bonds is 3. The average molecular weight is 325 g/mol. The number of nitroso groups, excluding NO2 is 1. The molecule has 0 radical (unpaired) electrons. The summed E-state index contributed by atoms with van der Waals surface area (Å²) in [7, 11) is 0. The van der Waals surface area contributed by atoms with E-state index in [1.165, 1.54) is 30.0 Å². The number of nitrogens with zero attached hydrogens (tertiary/aromatic N) is 3. The second-order valence-corrected chi connectivity index (χ2v) is 5.38. The van der Waals surface area contributed by atoms with Gasteiger partial charge in [0.15, 0.2) is 11.0 Å². The van der Waals surface area contributed by atoms with E-state index in [0.717, 1.165) is 12.1 Å². The van der Waals surface area contributed by atoms with Crippen molar-refractivity contribution in [3.05, 3.63) is 46.9 Å². The van der Waals surface area contributed by atoms with Gasteiger partial charge in [-0.3, -0.25) is 0 Å². The SMILES string of the molecule is O=Nc1ccc(Sc2ccc(C(F)(F)F)cc2)c2nonc12. The molecule has 0 saturated heterocycles. The van der Waals surface area contributed by atoms with Crippen molar-refractivity contribution < 1.29 is 17.8 Å². The zero-order chi connectivity index (χ0) is 15.7. The molecule has 3 aromatic rings. The van der Waals surface area contributed by atoms with Gasteiger partial charge in [-0.15, -0.1) is 4.91 Å². The minimum Gasteiger partial charge on any atom is -0.243 e. The maximum absolute atomic E-state index is 12.5. The van der Waals surface area contributed by atoms with E-state index in [4.69, 9.17) is 0 Å². The molecule has 0 atom stereocenters. The standard InChI is InChI=1S/C13H6F3N3O2S/c14-13(15,16)7-1-3-8(4-2-7)22-10-6-5-9(17-20)11-12(10)19-21-18-11/h1-6H. The van der Waals surface area contributed by atoms with Crippen LogP contribution in [0.25, 0.3) is 11.0 Å². The summed E-state index contributed by atoms with van der Waals surface area (Å²) < 4.78 is 42.1. The van der Waals surface area contributed by atoms with Crippen molar-refractivity contribution in [1.29, 1.82) is 0 Å². The summed E-state index contributed by atoms with van der Waals surface area (Å²) in [6.45, 7) is 0. The highest BCUT2D eigenvalue weighted by atomic mass is 32.2. The number of aromatic nitrogens is 2. The summed E-state index contributed by atoms with van der Waals surface area (Å²) in [5, 5.41) is 10.1. The molecule has 0 aliphatic rings. The lowest BCUT2D eigenvalue weighted by molar-refractivity contribution is -0.137. The Morgan fingerprint density at radius 1 is 1.00 bits per heavy atom. The van der Waals surface area contributed by atoms with Crippen molar-refractivity contribution in [2.75, 3.05) is 0 Å². The summed E-state index contributed by atoms with van der Waals surface area (Å²) >= 11 is 1.19. The second-order valence-electron chi connectivity index (χ2n) is 4.26. The lowest BCUT2D eigenvalue weighted by Crippen LogP contribution is -2.03. The molecule has 112 valence electrons. The Morgan fingerprint density at radius 2 is 1.68 bits per heavy atom. The molecule has 0 fully saturated rings. The Kier molecular flexibility index (Phi) is 3.57. The van der Waals surface area contributed by atoms with E-state index in [0.29, 0.717) is 15.3 Å². The zero-order valence-electron chi connectivity index (χ0n) is 10.7. The van der Waals surface area contributed by atoms with Gasteiger partial charge >= 0.3 is 6.18 Å². The van der Waals surface area contributed by atoms with Gasteiger partial charge < -0.3 is 0 Å². The molecular formula is C13H6F3N3O2S. The van der Waals surface area contributed by atoms with Crippen LogP contribution in [0.4, 0.5) is 18.9 Å². The number of benzene rings is 2. The van der Waals surface area contributed by atoms with Crippen molar-refractivity contribution in [2.45, 2.75) is 16.0 Å². The Balaban J connectivity index is 1.94.